The maximum Gasteiger partial charge on any atom is 0.456 e. The summed E-state index contributed by atoms with van der Waals surface area (Å²) in [4.78, 5) is 26.8. The highest BCUT2D eigenvalue weighted by Crippen LogP contribution is 2.41. The molecule has 210 valence electrons. The van der Waals surface area contributed by atoms with E-state index in [0.717, 1.165) is 0 Å². The summed E-state index contributed by atoms with van der Waals surface area (Å²) in [7, 11) is 0. The average Bonchev–Trinajstić information content (AvgIpc) is 3.24. The molecule has 0 saturated carbocycles. The van der Waals surface area contributed by atoms with Crippen molar-refractivity contribution in [3.63, 3.8) is 0 Å². The number of alkyl halides is 6. The quantitative estimate of drug-likeness (QED) is 0.296. The molecule has 1 fully saturated rings. The van der Waals surface area contributed by atoms with Crippen LogP contribution in [-0.2, 0) is 23.4 Å². The van der Waals surface area contributed by atoms with Gasteiger partial charge in [0.05, 0.1) is 30.9 Å². The first-order valence-corrected chi connectivity index (χ1v) is 12.2. The summed E-state index contributed by atoms with van der Waals surface area (Å²) in [6, 6.07) is 9.23. The number of ether oxygens (including phenoxy) is 1. The van der Waals surface area contributed by atoms with E-state index in [1.54, 1.807) is 35.2 Å². The van der Waals surface area contributed by atoms with Crippen molar-refractivity contribution in [1.29, 1.82) is 0 Å². The second-order valence-corrected chi connectivity index (χ2v) is 10.5. The van der Waals surface area contributed by atoms with Gasteiger partial charge in [0.25, 0.3) is 11.7 Å². The van der Waals surface area contributed by atoms with Crippen LogP contribution in [0.3, 0.4) is 0 Å². The zero-order chi connectivity index (χ0) is 27.9. The molecule has 2 aromatic rings. The van der Waals surface area contributed by atoms with Crippen LogP contribution in [0.4, 0.5) is 26.3 Å². The zero-order valence-electron chi connectivity index (χ0n) is 21.0. The van der Waals surface area contributed by atoms with E-state index in [1.807, 2.05) is 13.8 Å². The minimum Gasteiger partial charge on any atom is -0.376 e. The number of likely N-dealkylation sites (tertiary alicyclic amines) is 1. The van der Waals surface area contributed by atoms with Gasteiger partial charge in [-0.1, -0.05) is 12.1 Å². The number of rotatable bonds is 6. The van der Waals surface area contributed by atoms with Crippen LogP contribution in [0.15, 0.2) is 36.4 Å². The number of nitrogens with one attached hydrogen (secondary N) is 1. The maximum absolute atomic E-state index is 13.2. The Labute approximate surface area is 217 Å². The molecule has 6 nitrogen and oxygen atoms in total. The van der Waals surface area contributed by atoms with Crippen LogP contribution in [0.2, 0.25) is 0 Å². The lowest BCUT2D eigenvalue weighted by Gasteiger charge is -2.51. The van der Waals surface area contributed by atoms with Gasteiger partial charge in [-0.2, -0.15) is 26.3 Å². The van der Waals surface area contributed by atoms with E-state index in [1.165, 1.54) is 10.6 Å². The van der Waals surface area contributed by atoms with Crippen molar-refractivity contribution in [2.45, 2.75) is 69.7 Å². The summed E-state index contributed by atoms with van der Waals surface area (Å²) in [5.74, 6) is -2.10. The number of carbonyl (C=O) groups excluding carboxylic acids is 2. The number of halogens is 6. The molecule has 12 heteroatoms. The summed E-state index contributed by atoms with van der Waals surface area (Å²) < 4.78 is 82.7. The first kappa shape index (κ1) is 28.2. The predicted octanol–water partition coefficient (Wildman–Crippen LogP) is 5.46. The highest BCUT2D eigenvalue weighted by Gasteiger charge is 2.49. The van der Waals surface area contributed by atoms with Crippen molar-refractivity contribution in [1.82, 2.24) is 14.8 Å². The van der Waals surface area contributed by atoms with Crippen LogP contribution >= 0.6 is 0 Å². The fraction of sp³-hybridized carbons (Fsp3) is 0.538. The van der Waals surface area contributed by atoms with Gasteiger partial charge in [-0.25, -0.2) is 0 Å². The lowest BCUT2D eigenvalue weighted by Crippen LogP contribution is -2.63. The second-order valence-electron chi connectivity index (χ2n) is 10.5. The van der Waals surface area contributed by atoms with E-state index < -0.39 is 42.2 Å². The third kappa shape index (κ3) is 6.06. The van der Waals surface area contributed by atoms with Gasteiger partial charge >= 0.3 is 12.4 Å². The molecule has 2 aliphatic rings. The fourth-order valence-corrected chi connectivity index (χ4v) is 5.32. The molecule has 0 atom stereocenters. The molecule has 0 aliphatic carbocycles. The molecule has 1 N–H and O–H groups in total. The van der Waals surface area contributed by atoms with Gasteiger partial charge in [0, 0.05) is 37.9 Å². The molecular formula is C26H31F6N3O3. The second kappa shape index (κ2) is 10.0. The number of amides is 1. The molecule has 1 aromatic heterocycles. The van der Waals surface area contributed by atoms with E-state index in [9.17, 15) is 35.9 Å². The number of hydrogen-bond acceptors (Lipinski definition) is 4. The largest absolute Gasteiger partial charge is 0.456 e. The van der Waals surface area contributed by atoms with Crippen LogP contribution in [-0.4, -0.2) is 58.7 Å². The minimum absolute atomic E-state index is 0. The first-order chi connectivity index (χ1) is 17.6. The molecule has 4 rings (SSSR count). The Morgan fingerprint density at radius 1 is 1.00 bits per heavy atom. The van der Waals surface area contributed by atoms with E-state index in [-0.39, 0.29) is 26.2 Å². The summed E-state index contributed by atoms with van der Waals surface area (Å²) in [5, 5.41) is 3.56. The van der Waals surface area contributed by atoms with Crippen molar-refractivity contribution >= 4 is 11.7 Å². The maximum atomic E-state index is 13.2. The lowest BCUT2D eigenvalue weighted by atomic mass is 9.79. The molecule has 1 aromatic carbocycles. The summed E-state index contributed by atoms with van der Waals surface area (Å²) in [5.41, 5.74) is -0.0102. The molecule has 0 bridgehead atoms. The van der Waals surface area contributed by atoms with Crippen molar-refractivity contribution in [3.05, 3.63) is 58.9 Å². The van der Waals surface area contributed by atoms with Crippen LogP contribution in [0.25, 0.3) is 0 Å². The first-order valence-electron chi connectivity index (χ1n) is 12.2. The van der Waals surface area contributed by atoms with Gasteiger partial charge in [0.1, 0.15) is 0 Å². The Morgan fingerprint density at radius 2 is 1.63 bits per heavy atom. The zero-order valence-corrected chi connectivity index (χ0v) is 21.0. The number of carbonyl (C=O) groups is 2. The van der Waals surface area contributed by atoms with Gasteiger partial charge < -0.3 is 14.2 Å². The van der Waals surface area contributed by atoms with Crippen molar-refractivity contribution in [3.8, 4) is 0 Å². The monoisotopic (exact) mass is 547 g/mol. The Morgan fingerprint density at radius 3 is 2.21 bits per heavy atom. The smallest absolute Gasteiger partial charge is 0.376 e. The third-order valence-electron chi connectivity index (χ3n) is 7.00. The Hall–Kier alpha value is -2.86. The third-order valence-corrected chi connectivity index (χ3v) is 7.00. The molecule has 1 spiro atoms. The van der Waals surface area contributed by atoms with E-state index >= 15 is 0 Å². The van der Waals surface area contributed by atoms with Crippen LogP contribution in [0.1, 0.15) is 66.6 Å². The van der Waals surface area contributed by atoms with Gasteiger partial charge in [0.2, 0.25) is 0 Å². The van der Waals surface area contributed by atoms with Crippen LogP contribution < -0.4 is 5.32 Å². The predicted molar refractivity (Wildman–Crippen MR) is 128 cm³/mol. The number of Topliss-reactive ketones (excluding diaryl/α,β-unsaturated/α-hetero) is 1. The molecule has 3 heterocycles. The Kier molecular flexibility index (Phi) is 7.43. The summed E-state index contributed by atoms with van der Waals surface area (Å²) in [6.45, 7) is 4.17. The van der Waals surface area contributed by atoms with E-state index in [4.69, 9.17) is 4.74 Å². The normalized spacial score (nSPS) is 18.9. The molecule has 2 aliphatic heterocycles. The number of benzene rings is 1. The number of fused-ring (bicyclic) bond motifs is 2. The standard InChI is InChI=1S/C26H29F6N3O3.H2/c1-23(2)16-35-19(21(36)26(30,31)32)7-8-20(35)24(33-23)9-12-34(13-10-24)22(37)18-5-3-17(4-6-18)15-38-14-11-25(27,28)29;/h3-8,33H,9-16H2,1-2H3;1H. The molecule has 38 heavy (non-hydrogen) atoms. The topological polar surface area (TPSA) is 63.6 Å². The minimum atomic E-state index is -4.97. The summed E-state index contributed by atoms with van der Waals surface area (Å²) in [6.07, 6.45) is -9.40. The molecular weight excluding hydrogens is 516 g/mol. The number of piperidine rings is 1. The van der Waals surface area contributed by atoms with Crippen molar-refractivity contribution in [2.75, 3.05) is 19.7 Å². The number of aromatic nitrogens is 1. The number of nitrogens with zero attached hydrogens (tertiary/aromatic N) is 2. The van der Waals surface area contributed by atoms with Gasteiger partial charge in [-0.05, 0) is 56.5 Å². The molecule has 0 radical (unpaired) electrons. The molecule has 0 unspecified atom stereocenters. The Balaban J connectivity index is 0.00000420. The van der Waals surface area contributed by atoms with E-state index in [0.29, 0.717) is 42.8 Å². The SMILES string of the molecule is CC1(C)Cn2c(C(=O)C(F)(F)F)ccc2C2(CCN(C(=O)c3ccc(COCCC(F)(F)F)cc3)CC2)N1.[HH]. The number of ketones is 1. The fourth-order valence-electron chi connectivity index (χ4n) is 5.32. The van der Waals surface area contributed by atoms with E-state index in [2.05, 4.69) is 5.32 Å². The summed E-state index contributed by atoms with van der Waals surface area (Å²) >= 11 is 0. The number of hydrogen-bond donors (Lipinski definition) is 1. The van der Waals surface area contributed by atoms with Crippen LogP contribution in [0.5, 0.6) is 0 Å². The molecule has 1 amide bonds. The molecule has 1 saturated heterocycles. The van der Waals surface area contributed by atoms with Gasteiger partial charge in [0.15, 0.2) is 0 Å². The van der Waals surface area contributed by atoms with Gasteiger partial charge in [-0.15, -0.1) is 0 Å². The Bertz CT molecular complexity index is 1180. The van der Waals surface area contributed by atoms with Crippen molar-refractivity contribution in [2.24, 2.45) is 0 Å². The van der Waals surface area contributed by atoms with Crippen LogP contribution in [0, 0.1) is 0 Å². The highest BCUT2D eigenvalue weighted by atomic mass is 19.4. The van der Waals surface area contributed by atoms with Crippen molar-refractivity contribution < 1.29 is 42.1 Å². The highest BCUT2D eigenvalue weighted by molar-refractivity contribution is 5.99. The average molecular weight is 548 g/mol. The van der Waals surface area contributed by atoms with Gasteiger partial charge in [-0.3, -0.25) is 14.9 Å². The lowest BCUT2D eigenvalue weighted by molar-refractivity contribution is -0.146.